The van der Waals surface area contributed by atoms with E-state index in [4.69, 9.17) is 0 Å². The maximum Gasteiger partial charge on any atom is 0.273 e. The first kappa shape index (κ1) is 17.1. The first-order valence-electron chi connectivity index (χ1n) is 8.42. The van der Waals surface area contributed by atoms with Crippen LogP contribution in [0.3, 0.4) is 0 Å². The van der Waals surface area contributed by atoms with Gasteiger partial charge in [-0.2, -0.15) is 0 Å². The third kappa shape index (κ3) is 3.68. The van der Waals surface area contributed by atoms with Crippen molar-refractivity contribution in [3.63, 3.8) is 0 Å². The zero-order chi connectivity index (χ0) is 17.2. The Morgan fingerprint density at radius 2 is 2.08 bits per heavy atom. The zero-order valence-corrected chi connectivity index (χ0v) is 15.5. The number of carbonyl (C=O) groups excluding carboxylic acids is 1. The van der Waals surface area contributed by atoms with E-state index in [1.807, 2.05) is 30.4 Å². The minimum atomic E-state index is 0.0255. The van der Waals surface area contributed by atoms with Crippen molar-refractivity contribution in [1.29, 1.82) is 0 Å². The number of thiazole rings is 1. The minimum Gasteiger partial charge on any atom is -0.336 e. The summed E-state index contributed by atoms with van der Waals surface area (Å²) < 4.78 is 0. The number of aromatic nitrogens is 1. The van der Waals surface area contributed by atoms with Crippen LogP contribution in [0.1, 0.15) is 40.8 Å². The Kier molecular flexibility index (Phi) is 5.01. The standard InChI is InChI=1S/C19H25N3OS/c1-19(15-8-5-4-6-9-15)10-7-11-22(14-19)18(23)16-13-24-17(20-16)12-21(2)3/h4-6,8-9,13H,7,10-12,14H2,1-3H3/t19-/m1/s1. The van der Waals surface area contributed by atoms with Crippen LogP contribution in [0.2, 0.25) is 0 Å². The molecule has 5 heteroatoms. The predicted molar refractivity (Wildman–Crippen MR) is 98.4 cm³/mol. The van der Waals surface area contributed by atoms with Gasteiger partial charge < -0.3 is 9.80 Å². The van der Waals surface area contributed by atoms with Gasteiger partial charge in [0.25, 0.3) is 5.91 Å². The molecule has 2 heterocycles. The number of nitrogens with zero attached hydrogens (tertiary/aromatic N) is 3. The molecule has 1 aromatic carbocycles. The third-order valence-corrected chi connectivity index (χ3v) is 5.51. The van der Waals surface area contributed by atoms with E-state index in [1.54, 1.807) is 11.3 Å². The average molecular weight is 343 g/mol. The molecule has 0 unspecified atom stereocenters. The number of hydrogen-bond acceptors (Lipinski definition) is 4. The van der Waals surface area contributed by atoms with Gasteiger partial charge in [0.15, 0.2) is 0 Å². The van der Waals surface area contributed by atoms with E-state index in [-0.39, 0.29) is 11.3 Å². The Bertz CT molecular complexity index is 698. The van der Waals surface area contributed by atoms with E-state index in [9.17, 15) is 4.79 Å². The molecular weight excluding hydrogens is 318 g/mol. The lowest BCUT2D eigenvalue weighted by molar-refractivity contribution is 0.0645. The van der Waals surface area contributed by atoms with Crippen LogP contribution in [0.5, 0.6) is 0 Å². The van der Waals surface area contributed by atoms with Gasteiger partial charge in [-0.15, -0.1) is 11.3 Å². The summed E-state index contributed by atoms with van der Waals surface area (Å²) in [6.45, 7) is 4.62. The maximum absolute atomic E-state index is 12.9. The van der Waals surface area contributed by atoms with Gasteiger partial charge in [-0.3, -0.25) is 4.79 Å². The second-order valence-corrected chi connectivity index (χ2v) is 8.06. The number of hydrogen-bond donors (Lipinski definition) is 0. The van der Waals surface area contributed by atoms with Crippen molar-refractivity contribution in [2.45, 2.75) is 31.7 Å². The molecule has 3 rings (SSSR count). The molecule has 1 atom stereocenters. The molecule has 4 nitrogen and oxygen atoms in total. The summed E-state index contributed by atoms with van der Waals surface area (Å²) in [5, 5.41) is 2.89. The van der Waals surface area contributed by atoms with E-state index in [2.05, 4.69) is 41.1 Å². The van der Waals surface area contributed by atoms with Gasteiger partial charge in [0.05, 0.1) is 0 Å². The van der Waals surface area contributed by atoms with Crippen molar-refractivity contribution in [2.24, 2.45) is 0 Å². The van der Waals surface area contributed by atoms with Gasteiger partial charge in [0, 0.05) is 30.4 Å². The van der Waals surface area contributed by atoms with Crippen LogP contribution < -0.4 is 0 Å². The first-order chi connectivity index (χ1) is 11.5. The van der Waals surface area contributed by atoms with E-state index < -0.39 is 0 Å². The molecule has 0 radical (unpaired) electrons. The summed E-state index contributed by atoms with van der Waals surface area (Å²) >= 11 is 1.57. The van der Waals surface area contributed by atoms with Gasteiger partial charge in [0.2, 0.25) is 0 Å². The average Bonchev–Trinajstić information content (AvgIpc) is 3.03. The summed E-state index contributed by atoms with van der Waals surface area (Å²) in [6, 6.07) is 10.5. The van der Waals surface area contributed by atoms with Crippen molar-refractivity contribution in [2.75, 3.05) is 27.2 Å². The molecule has 1 saturated heterocycles. The topological polar surface area (TPSA) is 36.4 Å². The number of piperidine rings is 1. The quantitative estimate of drug-likeness (QED) is 0.854. The highest BCUT2D eigenvalue weighted by molar-refractivity contribution is 7.09. The summed E-state index contributed by atoms with van der Waals surface area (Å²) in [5.41, 5.74) is 1.93. The third-order valence-electron chi connectivity index (χ3n) is 4.68. The summed E-state index contributed by atoms with van der Waals surface area (Å²) in [4.78, 5) is 21.5. The number of likely N-dealkylation sites (tertiary alicyclic amines) is 1. The Morgan fingerprint density at radius 3 is 2.79 bits per heavy atom. The fourth-order valence-electron chi connectivity index (χ4n) is 3.40. The minimum absolute atomic E-state index is 0.0255. The van der Waals surface area contributed by atoms with Crippen molar-refractivity contribution in [3.05, 3.63) is 52.0 Å². The molecule has 0 N–H and O–H groups in total. The highest BCUT2D eigenvalue weighted by atomic mass is 32.1. The van der Waals surface area contributed by atoms with E-state index >= 15 is 0 Å². The highest BCUT2D eigenvalue weighted by Gasteiger charge is 2.35. The molecular formula is C19H25N3OS. The van der Waals surface area contributed by atoms with Gasteiger partial charge in [-0.25, -0.2) is 4.98 Å². The van der Waals surface area contributed by atoms with Crippen LogP contribution in [0.4, 0.5) is 0 Å². The van der Waals surface area contributed by atoms with E-state index in [0.717, 1.165) is 37.5 Å². The Hall–Kier alpha value is -1.72. The van der Waals surface area contributed by atoms with Crippen molar-refractivity contribution >= 4 is 17.2 Å². The van der Waals surface area contributed by atoms with Crippen LogP contribution in [0.25, 0.3) is 0 Å². The molecule has 0 bridgehead atoms. The SMILES string of the molecule is CN(C)Cc1nc(C(=O)N2CCC[C@@](C)(c3ccccc3)C2)cs1. The van der Waals surface area contributed by atoms with Crippen LogP contribution >= 0.6 is 11.3 Å². The molecule has 2 aromatic rings. The second kappa shape index (κ2) is 7.03. The second-order valence-electron chi connectivity index (χ2n) is 7.12. The summed E-state index contributed by atoms with van der Waals surface area (Å²) in [7, 11) is 4.03. The molecule has 0 spiro atoms. The molecule has 24 heavy (non-hydrogen) atoms. The van der Waals surface area contributed by atoms with Gasteiger partial charge in [-0.05, 0) is 32.5 Å². The van der Waals surface area contributed by atoms with Gasteiger partial charge in [0.1, 0.15) is 10.7 Å². The highest BCUT2D eigenvalue weighted by Crippen LogP contribution is 2.34. The number of benzene rings is 1. The van der Waals surface area contributed by atoms with Crippen molar-refractivity contribution in [1.82, 2.24) is 14.8 Å². The van der Waals surface area contributed by atoms with Crippen LogP contribution in [-0.2, 0) is 12.0 Å². The maximum atomic E-state index is 12.9. The number of carbonyl (C=O) groups is 1. The normalized spacial score (nSPS) is 21.2. The van der Waals surface area contributed by atoms with Gasteiger partial charge >= 0.3 is 0 Å². The smallest absolute Gasteiger partial charge is 0.273 e. The fourth-order valence-corrected chi connectivity index (χ4v) is 4.29. The molecule has 1 aliphatic rings. The van der Waals surface area contributed by atoms with Crippen molar-refractivity contribution in [3.8, 4) is 0 Å². The molecule has 0 saturated carbocycles. The van der Waals surface area contributed by atoms with E-state index in [0.29, 0.717) is 5.69 Å². The molecule has 1 aliphatic heterocycles. The number of rotatable bonds is 4. The van der Waals surface area contributed by atoms with Gasteiger partial charge in [-0.1, -0.05) is 37.3 Å². The Balaban J connectivity index is 1.75. The van der Waals surface area contributed by atoms with Crippen LogP contribution in [0, 0.1) is 0 Å². The van der Waals surface area contributed by atoms with Crippen molar-refractivity contribution < 1.29 is 4.79 Å². The predicted octanol–water partition coefficient (Wildman–Crippen LogP) is 3.40. The largest absolute Gasteiger partial charge is 0.336 e. The lowest BCUT2D eigenvalue weighted by atomic mass is 9.76. The molecule has 1 aromatic heterocycles. The molecule has 128 valence electrons. The molecule has 1 fully saturated rings. The van der Waals surface area contributed by atoms with Crippen LogP contribution in [-0.4, -0.2) is 47.9 Å². The van der Waals surface area contributed by atoms with E-state index in [1.165, 1.54) is 5.56 Å². The van der Waals surface area contributed by atoms with Crippen LogP contribution in [0.15, 0.2) is 35.7 Å². The Labute approximate surface area is 148 Å². The zero-order valence-electron chi connectivity index (χ0n) is 14.7. The fraction of sp³-hybridized carbons (Fsp3) is 0.474. The lowest BCUT2D eigenvalue weighted by Crippen LogP contribution is -2.47. The number of amides is 1. The Morgan fingerprint density at radius 1 is 1.33 bits per heavy atom. The molecule has 1 amide bonds. The molecule has 0 aliphatic carbocycles. The monoisotopic (exact) mass is 343 g/mol. The first-order valence-corrected chi connectivity index (χ1v) is 9.30. The summed E-state index contributed by atoms with van der Waals surface area (Å²) in [5.74, 6) is 0.0677. The summed E-state index contributed by atoms with van der Waals surface area (Å²) in [6.07, 6.45) is 2.15. The lowest BCUT2D eigenvalue weighted by Gasteiger charge is -2.40.